The van der Waals surface area contributed by atoms with Gasteiger partial charge in [-0.1, -0.05) is 30.3 Å². The number of rotatable bonds is 9. The molecule has 0 fully saturated rings. The topological polar surface area (TPSA) is 114 Å². The molecule has 0 aromatic heterocycles. The first-order valence-electron chi connectivity index (χ1n) is 10.1. The van der Waals surface area contributed by atoms with Crippen LogP contribution in [-0.4, -0.2) is 47.3 Å². The van der Waals surface area contributed by atoms with Crippen LogP contribution in [0, 0.1) is 0 Å². The van der Waals surface area contributed by atoms with E-state index in [0.29, 0.717) is 22.6 Å². The number of amides is 1. The van der Waals surface area contributed by atoms with Crippen LogP contribution in [0.4, 0.5) is 5.69 Å². The molecule has 0 radical (unpaired) electrons. The lowest BCUT2D eigenvalue weighted by atomic mass is 10.1. The average molecular weight is 482 g/mol. The summed E-state index contributed by atoms with van der Waals surface area (Å²) in [5, 5.41) is 3.88. The Kier molecular flexibility index (Phi) is 7.99. The molecule has 3 aromatic carbocycles. The Morgan fingerprint density at radius 1 is 0.941 bits per heavy atom. The van der Waals surface area contributed by atoms with E-state index in [-0.39, 0.29) is 4.90 Å². The summed E-state index contributed by atoms with van der Waals surface area (Å²) in [7, 11) is -1.23. The van der Waals surface area contributed by atoms with Crippen molar-refractivity contribution in [1.82, 2.24) is 5.43 Å². The van der Waals surface area contributed by atoms with E-state index >= 15 is 0 Å². The van der Waals surface area contributed by atoms with Crippen LogP contribution in [0.15, 0.2) is 88.9 Å². The minimum atomic E-state index is -4.03. The third-order valence-corrected chi connectivity index (χ3v) is 6.50. The van der Waals surface area contributed by atoms with E-state index in [4.69, 9.17) is 4.74 Å². The number of benzene rings is 3. The van der Waals surface area contributed by atoms with Gasteiger partial charge in [0.15, 0.2) is 0 Å². The molecule has 0 saturated carbocycles. The van der Waals surface area contributed by atoms with Crippen molar-refractivity contribution in [2.45, 2.75) is 4.90 Å². The monoisotopic (exact) mass is 481 g/mol. The molecule has 0 bridgehead atoms. The number of hydrogen-bond acceptors (Lipinski definition) is 7. The van der Waals surface area contributed by atoms with E-state index < -0.39 is 28.4 Å². The van der Waals surface area contributed by atoms with Crippen LogP contribution >= 0.6 is 0 Å². The quantitative estimate of drug-likeness (QED) is 0.286. The summed E-state index contributed by atoms with van der Waals surface area (Å²) in [6.45, 7) is -0.498. The molecule has 0 atom stereocenters. The maximum Gasteiger partial charge on any atom is 0.337 e. The van der Waals surface area contributed by atoms with Crippen molar-refractivity contribution in [2.75, 3.05) is 25.1 Å². The second-order valence-corrected chi connectivity index (χ2v) is 8.79. The molecule has 176 valence electrons. The predicted octanol–water partition coefficient (Wildman–Crippen LogP) is 2.83. The van der Waals surface area contributed by atoms with Crippen LogP contribution < -0.4 is 14.5 Å². The average Bonchev–Trinajstić information content (AvgIpc) is 2.87. The summed E-state index contributed by atoms with van der Waals surface area (Å²) in [4.78, 5) is 24.1. The summed E-state index contributed by atoms with van der Waals surface area (Å²) in [6, 6.07) is 20.5. The van der Waals surface area contributed by atoms with Crippen molar-refractivity contribution in [2.24, 2.45) is 5.10 Å². The molecule has 0 unspecified atom stereocenters. The number of hydrogen-bond donors (Lipinski definition) is 1. The number of methoxy groups -OCH3 is 2. The summed E-state index contributed by atoms with van der Waals surface area (Å²) in [5.41, 5.74) is 3.63. The van der Waals surface area contributed by atoms with Gasteiger partial charge in [0.05, 0.1) is 36.6 Å². The van der Waals surface area contributed by atoms with E-state index in [0.717, 1.165) is 4.31 Å². The molecule has 34 heavy (non-hydrogen) atoms. The van der Waals surface area contributed by atoms with E-state index in [2.05, 4.69) is 15.3 Å². The lowest BCUT2D eigenvalue weighted by molar-refractivity contribution is -0.119. The zero-order valence-corrected chi connectivity index (χ0v) is 19.4. The summed E-state index contributed by atoms with van der Waals surface area (Å²) in [6.07, 6.45) is 1.38. The van der Waals surface area contributed by atoms with E-state index in [1.165, 1.54) is 32.6 Å². The van der Waals surface area contributed by atoms with Gasteiger partial charge in [-0.05, 0) is 54.1 Å². The number of hydrazone groups is 1. The third kappa shape index (κ3) is 5.99. The number of ether oxygens (including phenoxy) is 2. The van der Waals surface area contributed by atoms with Crippen LogP contribution in [0.3, 0.4) is 0 Å². The fourth-order valence-corrected chi connectivity index (χ4v) is 4.39. The zero-order chi connectivity index (χ0) is 24.6. The van der Waals surface area contributed by atoms with Gasteiger partial charge in [0.1, 0.15) is 12.3 Å². The Morgan fingerprint density at radius 3 is 2.18 bits per heavy atom. The second kappa shape index (κ2) is 11.1. The highest BCUT2D eigenvalue weighted by molar-refractivity contribution is 7.92. The minimum absolute atomic E-state index is 0.0489. The first-order chi connectivity index (χ1) is 16.3. The Balaban J connectivity index is 1.77. The Bertz CT molecular complexity index is 1260. The van der Waals surface area contributed by atoms with Gasteiger partial charge in [-0.25, -0.2) is 18.6 Å². The fourth-order valence-electron chi connectivity index (χ4n) is 2.95. The number of sulfonamides is 1. The fraction of sp³-hybridized carbons (Fsp3) is 0.125. The normalized spacial score (nSPS) is 11.1. The van der Waals surface area contributed by atoms with Gasteiger partial charge in [-0.15, -0.1) is 0 Å². The van der Waals surface area contributed by atoms with Gasteiger partial charge < -0.3 is 9.47 Å². The van der Waals surface area contributed by atoms with Gasteiger partial charge in [-0.3, -0.25) is 9.10 Å². The maximum atomic E-state index is 13.3. The van der Waals surface area contributed by atoms with E-state index in [1.54, 1.807) is 66.7 Å². The molecule has 10 heteroatoms. The highest BCUT2D eigenvalue weighted by Gasteiger charge is 2.27. The Labute approximate surface area is 197 Å². The van der Waals surface area contributed by atoms with Crippen LogP contribution in [0.25, 0.3) is 0 Å². The van der Waals surface area contributed by atoms with Gasteiger partial charge in [0, 0.05) is 0 Å². The molecular formula is C24H23N3O6S. The van der Waals surface area contributed by atoms with Crippen LogP contribution in [0.1, 0.15) is 15.9 Å². The van der Waals surface area contributed by atoms with Crippen molar-refractivity contribution in [1.29, 1.82) is 0 Å². The molecule has 0 saturated heterocycles. The molecule has 0 aliphatic rings. The minimum Gasteiger partial charge on any atom is -0.497 e. The summed E-state index contributed by atoms with van der Waals surface area (Å²) in [5.74, 6) is -0.555. The largest absolute Gasteiger partial charge is 0.497 e. The van der Waals surface area contributed by atoms with Gasteiger partial charge in [0.25, 0.3) is 15.9 Å². The van der Waals surface area contributed by atoms with Gasteiger partial charge >= 0.3 is 5.97 Å². The number of carbonyl (C=O) groups excluding carboxylic acids is 2. The van der Waals surface area contributed by atoms with Crippen LogP contribution in [-0.2, 0) is 19.6 Å². The number of esters is 1. The number of anilines is 1. The SMILES string of the molecule is COC(=O)c1ccc(/C=N/NC(=O)CN(c2ccc(OC)cc2)S(=O)(=O)c2ccccc2)cc1. The smallest absolute Gasteiger partial charge is 0.337 e. The molecule has 3 rings (SSSR count). The van der Waals surface area contributed by atoms with Crippen molar-refractivity contribution < 1.29 is 27.5 Å². The lowest BCUT2D eigenvalue weighted by Crippen LogP contribution is -2.39. The van der Waals surface area contributed by atoms with Crippen LogP contribution in [0.2, 0.25) is 0 Å². The van der Waals surface area contributed by atoms with Gasteiger partial charge in [-0.2, -0.15) is 5.10 Å². The number of nitrogens with one attached hydrogen (secondary N) is 1. The second-order valence-electron chi connectivity index (χ2n) is 6.93. The predicted molar refractivity (Wildman–Crippen MR) is 127 cm³/mol. The molecule has 3 aromatic rings. The first-order valence-corrected chi connectivity index (χ1v) is 11.5. The Morgan fingerprint density at radius 2 is 1.59 bits per heavy atom. The molecular weight excluding hydrogens is 458 g/mol. The lowest BCUT2D eigenvalue weighted by Gasteiger charge is -2.23. The molecule has 1 N–H and O–H groups in total. The van der Waals surface area contributed by atoms with Crippen molar-refractivity contribution in [3.63, 3.8) is 0 Å². The highest BCUT2D eigenvalue weighted by atomic mass is 32.2. The molecule has 9 nitrogen and oxygen atoms in total. The summed E-state index contributed by atoms with van der Waals surface area (Å²) < 4.78 is 37.3. The van der Waals surface area contributed by atoms with Crippen molar-refractivity contribution in [3.8, 4) is 5.75 Å². The van der Waals surface area contributed by atoms with Crippen LogP contribution in [0.5, 0.6) is 5.75 Å². The first kappa shape index (κ1) is 24.5. The van der Waals surface area contributed by atoms with Gasteiger partial charge in [0.2, 0.25) is 0 Å². The Hall–Kier alpha value is -4.18. The number of nitrogens with zero attached hydrogens (tertiary/aromatic N) is 2. The standard InChI is InChI=1S/C24H23N3O6S/c1-32-21-14-12-20(13-15-21)27(34(30,31)22-6-4-3-5-7-22)17-23(28)26-25-16-18-8-10-19(11-9-18)24(29)33-2/h3-16H,17H2,1-2H3,(H,26,28)/b25-16+. The third-order valence-electron chi connectivity index (χ3n) is 4.71. The maximum absolute atomic E-state index is 13.3. The van der Waals surface area contributed by atoms with E-state index in [9.17, 15) is 18.0 Å². The molecule has 0 aliphatic heterocycles. The summed E-state index contributed by atoms with van der Waals surface area (Å²) >= 11 is 0. The zero-order valence-electron chi connectivity index (χ0n) is 18.5. The molecule has 1 amide bonds. The molecule has 0 heterocycles. The van der Waals surface area contributed by atoms with Crippen molar-refractivity contribution >= 4 is 33.8 Å². The van der Waals surface area contributed by atoms with E-state index in [1.807, 2.05) is 0 Å². The van der Waals surface area contributed by atoms with Crippen molar-refractivity contribution in [3.05, 3.63) is 90.0 Å². The number of carbonyl (C=O) groups is 2. The highest BCUT2D eigenvalue weighted by Crippen LogP contribution is 2.25. The molecule has 0 spiro atoms. The molecule has 0 aliphatic carbocycles.